The lowest BCUT2D eigenvalue weighted by molar-refractivity contribution is 0.329. The Morgan fingerprint density at radius 2 is 0.349 bits per heavy atom. The quantitative estimate of drug-likeness (QED) is 0.0681. The summed E-state index contributed by atoms with van der Waals surface area (Å²) < 4.78 is 5.38. The van der Waals surface area contributed by atoms with Gasteiger partial charge in [0.05, 0.1) is 10.9 Å². The lowest BCUT2D eigenvalue weighted by Crippen LogP contribution is -1.98. The maximum Gasteiger partial charge on any atom is 0.208 e. The Bertz CT molecular complexity index is 3380. The van der Waals surface area contributed by atoms with E-state index in [2.05, 4.69) is 0 Å². The van der Waals surface area contributed by atoms with Crippen LogP contribution >= 0.6 is 0 Å². The van der Waals surface area contributed by atoms with E-state index in [0.29, 0.717) is 0 Å². The van der Waals surface area contributed by atoms with Crippen molar-refractivity contribution in [2.24, 2.45) is 0 Å². The topological polar surface area (TPSA) is 499 Å². The van der Waals surface area contributed by atoms with Gasteiger partial charge in [0.1, 0.15) is 0 Å². The first-order chi connectivity index (χ1) is 29.3. The van der Waals surface area contributed by atoms with Gasteiger partial charge >= 0.3 is 0 Å². The summed E-state index contributed by atoms with van der Waals surface area (Å²) in [6, 6.07) is 0. The normalized spacial score (nSPS) is 11.7. The van der Waals surface area contributed by atoms with Gasteiger partial charge in [-0.25, -0.2) is 0 Å². The van der Waals surface area contributed by atoms with Crippen LogP contribution in [0.25, 0.3) is 76.9 Å². The lowest BCUT2D eigenvalue weighted by Gasteiger charge is -2.25. The average molecular weight is 881 g/mol. The molecule has 0 atom stereocenters. The monoisotopic (exact) mass is 880 g/mol. The van der Waals surface area contributed by atoms with E-state index in [-0.39, 0.29) is 0 Å². The fraction of sp³-hybridized carbons (Fsp3) is 0. The molecule has 24 N–H and O–H groups in total. The van der Waals surface area contributed by atoms with E-state index in [1.807, 2.05) is 0 Å². The Balaban J connectivity index is 1.82. The molecule has 0 spiro atoms. The number of furan rings is 1. The first-order valence-electron chi connectivity index (χ1n) is 16.8. The second-order valence-corrected chi connectivity index (χ2v) is 13.6. The molecule has 63 heavy (non-hydrogen) atoms. The Kier molecular flexibility index (Phi) is 7.78. The Labute approximate surface area is 341 Å². The van der Waals surface area contributed by atoms with Crippen LogP contribution in [-0.4, -0.2) is 123 Å². The number of benzene rings is 7. The van der Waals surface area contributed by atoms with Gasteiger partial charge in [-0.1, -0.05) is 0 Å². The highest BCUT2D eigenvalue weighted by Gasteiger charge is 2.41. The second-order valence-electron chi connectivity index (χ2n) is 13.6. The molecule has 0 unspecified atom stereocenters. The number of rotatable bonds is 3. The largest absolute Gasteiger partial charge is 0.504 e. The molecule has 0 fully saturated rings. The summed E-state index contributed by atoms with van der Waals surface area (Å²) in [5.74, 6) is -40.4. The van der Waals surface area contributed by atoms with Gasteiger partial charge in [-0.3, -0.25) is 0 Å². The van der Waals surface area contributed by atoms with Crippen molar-refractivity contribution in [3.05, 3.63) is 0 Å². The van der Waals surface area contributed by atoms with Crippen molar-refractivity contribution >= 4 is 43.5 Å². The van der Waals surface area contributed by atoms with Crippen LogP contribution in [0.2, 0.25) is 0 Å². The molecule has 0 aliphatic heterocycles. The van der Waals surface area contributed by atoms with E-state index < -0.39 is 215 Å². The van der Waals surface area contributed by atoms with Gasteiger partial charge in [0, 0.05) is 54.7 Å². The predicted octanol–water partition coefficient (Wildman–Crippen LogP) is 3.83. The molecule has 0 bridgehead atoms. The zero-order valence-corrected chi connectivity index (χ0v) is 30.1. The molecular formula is C38H24O25. The van der Waals surface area contributed by atoms with Crippen molar-refractivity contribution in [3.63, 3.8) is 0 Å². The van der Waals surface area contributed by atoms with Gasteiger partial charge in [0.2, 0.25) is 80.5 Å². The van der Waals surface area contributed by atoms with E-state index in [9.17, 15) is 123 Å². The third-order valence-electron chi connectivity index (χ3n) is 10.5. The number of fused-ring (bicyclic) bond motifs is 5. The zero-order chi connectivity index (χ0) is 46.6. The van der Waals surface area contributed by atoms with Crippen LogP contribution < -0.4 is 0 Å². The van der Waals surface area contributed by atoms with Crippen molar-refractivity contribution < 1.29 is 127 Å². The van der Waals surface area contributed by atoms with E-state index in [0.717, 1.165) is 0 Å². The molecule has 25 nitrogen and oxygen atoms in total. The molecule has 0 amide bonds. The van der Waals surface area contributed by atoms with Crippen LogP contribution in [0, 0.1) is 0 Å². The summed E-state index contributed by atoms with van der Waals surface area (Å²) in [5.41, 5.74) is -10.9. The molecule has 0 saturated carbocycles. The molecule has 0 saturated heterocycles. The van der Waals surface area contributed by atoms with E-state index >= 15 is 0 Å². The van der Waals surface area contributed by atoms with E-state index in [1.165, 1.54) is 0 Å². The van der Waals surface area contributed by atoms with Gasteiger partial charge in [-0.05, 0) is 0 Å². The maximum absolute atomic E-state index is 11.7. The molecule has 0 aliphatic carbocycles. The summed E-state index contributed by atoms with van der Waals surface area (Å²) in [6.45, 7) is 0. The van der Waals surface area contributed by atoms with Gasteiger partial charge in [0.15, 0.2) is 68.7 Å². The third-order valence-corrected chi connectivity index (χ3v) is 10.5. The highest BCUT2D eigenvalue weighted by molar-refractivity contribution is 6.34. The number of phenolic OH excluding ortho intramolecular Hbond substituents is 24. The minimum absolute atomic E-state index is 1.03. The minimum Gasteiger partial charge on any atom is -0.504 e. The Morgan fingerprint density at radius 3 is 0.714 bits per heavy atom. The van der Waals surface area contributed by atoms with Crippen LogP contribution in [0.3, 0.4) is 0 Å². The summed E-state index contributed by atoms with van der Waals surface area (Å²) in [5, 5.41) is 257. The standard InChI is InChI=1S/C38H24O25/c39-13-3-1(7-9(19(45)28(54)27(53)17(7)43)11-20(46)29(55)33(59)30(56)21(11)47)4-6(16(42)26(52)24(50)14(4)40)2(5(3)15(41)25(51)23(13)49)8-10-12-22(48)31(57)34(60)36(62)38(12)63-37(10)35(61)32(58)18(8)44/h39-62H. The van der Waals surface area contributed by atoms with Crippen molar-refractivity contribution in [2.75, 3.05) is 0 Å². The van der Waals surface area contributed by atoms with E-state index in [4.69, 9.17) is 4.42 Å². The molecule has 0 radical (unpaired) electrons. The highest BCUT2D eigenvalue weighted by Crippen LogP contribution is 2.69. The first kappa shape index (κ1) is 39.9. The Morgan fingerprint density at radius 1 is 0.143 bits per heavy atom. The van der Waals surface area contributed by atoms with Crippen LogP contribution in [0.5, 0.6) is 138 Å². The molecule has 25 heteroatoms. The molecular weight excluding hydrogens is 856 g/mol. The van der Waals surface area contributed by atoms with Crippen molar-refractivity contribution in [2.45, 2.75) is 0 Å². The highest BCUT2D eigenvalue weighted by atomic mass is 16.4. The van der Waals surface area contributed by atoms with Crippen LogP contribution in [0.4, 0.5) is 0 Å². The second kappa shape index (κ2) is 12.3. The van der Waals surface area contributed by atoms with Crippen molar-refractivity contribution in [1.82, 2.24) is 0 Å². The number of aromatic hydroxyl groups is 24. The molecule has 0 aliphatic rings. The van der Waals surface area contributed by atoms with Gasteiger partial charge in [-0.2, -0.15) is 0 Å². The fourth-order valence-corrected chi connectivity index (χ4v) is 7.61. The number of hydrogen-bond donors (Lipinski definition) is 24. The maximum atomic E-state index is 11.7. The summed E-state index contributed by atoms with van der Waals surface area (Å²) in [7, 11) is 0. The zero-order valence-electron chi connectivity index (χ0n) is 30.1. The molecule has 7 aromatic carbocycles. The SMILES string of the molecule is Oc1c(O)c(O)c(-c2c(O)c(O)c(O)c(O)c2-c2c3c(O)c(O)c(O)c(O)c3c(-c3c(O)c(O)c(O)c4oc5c(O)c(O)c(O)c(O)c5c34)c3c(O)c(O)c(O)c(O)c23)c(O)c1O. The lowest BCUT2D eigenvalue weighted by atomic mass is 9.80. The van der Waals surface area contributed by atoms with Crippen molar-refractivity contribution in [3.8, 4) is 171 Å². The van der Waals surface area contributed by atoms with Gasteiger partial charge in [-0.15, -0.1) is 0 Å². The van der Waals surface area contributed by atoms with Crippen LogP contribution in [0.1, 0.15) is 0 Å². The molecule has 8 rings (SSSR count). The van der Waals surface area contributed by atoms with Crippen molar-refractivity contribution in [1.29, 1.82) is 0 Å². The molecule has 326 valence electrons. The summed E-state index contributed by atoms with van der Waals surface area (Å²) in [4.78, 5) is 0. The molecule has 1 heterocycles. The average Bonchev–Trinajstić information content (AvgIpc) is 3.66. The first-order valence-corrected chi connectivity index (χ1v) is 16.8. The van der Waals surface area contributed by atoms with Gasteiger partial charge in [0.25, 0.3) is 0 Å². The molecule has 1 aromatic heterocycles. The van der Waals surface area contributed by atoms with Crippen LogP contribution in [0.15, 0.2) is 4.42 Å². The summed E-state index contributed by atoms with van der Waals surface area (Å²) >= 11 is 0. The molecule has 8 aromatic rings. The van der Waals surface area contributed by atoms with Gasteiger partial charge < -0.3 is 127 Å². The third kappa shape index (κ3) is 4.51. The minimum atomic E-state index is -1.83. The summed E-state index contributed by atoms with van der Waals surface area (Å²) in [6.07, 6.45) is 0. The number of hydrogen-bond acceptors (Lipinski definition) is 25. The van der Waals surface area contributed by atoms with Crippen LogP contribution in [-0.2, 0) is 0 Å². The van der Waals surface area contributed by atoms with E-state index in [1.54, 1.807) is 0 Å². The predicted molar refractivity (Wildman–Crippen MR) is 205 cm³/mol. The fourth-order valence-electron chi connectivity index (χ4n) is 7.61. The Hall–Kier alpha value is -9.94. The number of phenols is 24. The smallest absolute Gasteiger partial charge is 0.208 e.